The predicted molar refractivity (Wildman–Crippen MR) is 50.3 cm³/mol. The van der Waals surface area contributed by atoms with E-state index < -0.39 is 29.6 Å². The molecule has 0 spiro atoms. The van der Waals surface area contributed by atoms with E-state index in [-0.39, 0.29) is 5.56 Å². The number of nitrogens with two attached hydrogens (primary N) is 1. The van der Waals surface area contributed by atoms with Gasteiger partial charge in [0, 0.05) is 0 Å². The summed E-state index contributed by atoms with van der Waals surface area (Å²) in [5, 5.41) is 0. The molecule has 1 aromatic carbocycles. The fraction of sp³-hybridized carbons (Fsp3) is 0.300. The molecule has 0 fully saturated rings. The molecule has 0 aromatic heterocycles. The van der Waals surface area contributed by atoms with E-state index in [0.717, 1.165) is 13.2 Å². The van der Waals surface area contributed by atoms with Crippen molar-refractivity contribution in [1.82, 2.24) is 0 Å². The molecule has 1 aromatic rings. The summed E-state index contributed by atoms with van der Waals surface area (Å²) in [6.07, 6.45) is -4.70. The van der Waals surface area contributed by atoms with Crippen molar-refractivity contribution in [2.45, 2.75) is 12.2 Å². The van der Waals surface area contributed by atoms with Crippen molar-refractivity contribution in [2.24, 2.45) is 5.73 Å². The van der Waals surface area contributed by atoms with Crippen LogP contribution >= 0.6 is 0 Å². The largest absolute Gasteiger partial charge is 0.468 e. The number of carbonyl (C=O) groups is 1. The van der Waals surface area contributed by atoms with Crippen LogP contribution in [-0.4, -0.2) is 13.1 Å². The van der Waals surface area contributed by atoms with Gasteiger partial charge in [0.15, 0.2) is 0 Å². The maximum atomic E-state index is 13.0. The summed E-state index contributed by atoms with van der Waals surface area (Å²) in [5.74, 6) is -2.06. The second-order valence-corrected chi connectivity index (χ2v) is 3.27. The maximum Gasteiger partial charge on any atom is 0.416 e. The number of rotatable bonds is 2. The SMILES string of the molecule is COC(=O)[C@H](N)c1cc(F)cc(C(F)(F)F)c1. The first-order valence-corrected chi connectivity index (χ1v) is 4.47. The van der Waals surface area contributed by atoms with Gasteiger partial charge in [-0.2, -0.15) is 13.2 Å². The molecule has 1 rings (SSSR count). The molecule has 0 saturated heterocycles. The van der Waals surface area contributed by atoms with Gasteiger partial charge in [0.1, 0.15) is 11.9 Å². The molecule has 3 nitrogen and oxygen atoms in total. The molecule has 1 atom stereocenters. The molecule has 0 aliphatic carbocycles. The summed E-state index contributed by atoms with van der Waals surface area (Å²) in [5.41, 5.74) is 3.83. The van der Waals surface area contributed by atoms with Gasteiger partial charge >= 0.3 is 12.1 Å². The van der Waals surface area contributed by atoms with Crippen LogP contribution in [0.4, 0.5) is 17.6 Å². The van der Waals surface area contributed by atoms with Crippen molar-refractivity contribution in [3.63, 3.8) is 0 Å². The van der Waals surface area contributed by atoms with Crippen LogP contribution in [0, 0.1) is 5.82 Å². The Kier molecular flexibility index (Phi) is 3.72. The number of hydrogen-bond donors (Lipinski definition) is 1. The molecule has 0 unspecified atom stereocenters. The van der Waals surface area contributed by atoms with Crippen LogP contribution in [0.25, 0.3) is 0 Å². The Morgan fingerprint density at radius 2 is 1.94 bits per heavy atom. The van der Waals surface area contributed by atoms with Crippen LogP contribution in [0.2, 0.25) is 0 Å². The highest BCUT2D eigenvalue weighted by molar-refractivity contribution is 5.77. The zero-order valence-corrected chi connectivity index (χ0v) is 8.72. The van der Waals surface area contributed by atoms with E-state index in [1.54, 1.807) is 0 Å². The van der Waals surface area contributed by atoms with Gasteiger partial charge in [0.2, 0.25) is 0 Å². The highest BCUT2D eigenvalue weighted by Crippen LogP contribution is 2.31. The highest BCUT2D eigenvalue weighted by Gasteiger charge is 2.32. The summed E-state index contributed by atoms with van der Waals surface area (Å²) >= 11 is 0. The number of carbonyl (C=O) groups excluding carboxylic acids is 1. The molecule has 17 heavy (non-hydrogen) atoms. The predicted octanol–water partition coefficient (Wildman–Crippen LogP) is 2.02. The average molecular weight is 251 g/mol. The Bertz CT molecular complexity index is 431. The van der Waals surface area contributed by atoms with E-state index in [1.807, 2.05) is 0 Å². The number of halogens is 4. The molecule has 0 bridgehead atoms. The third-order valence-electron chi connectivity index (χ3n) is 2.06. The van der Waals surface area contributed by atoms with Crippen LogP contribution in [-0.2, 0) is 15.7 Å². The average Bonchev–Trinajstić information content (AvgIpc) is 2.25. The van der Waals surface area contributed by atoms with Crippen molar-refractivity contribution in [3.05, 3.63) is 35.1 Å². The number of ether oxygens (including phenoxy) is 1. The second kappa shape index (κ2) is 4.70. The van der Waals surface area contributed by atoms with Gasteiger partial charge in [-0.05, 0) is 23.8 Å². The smallest absolute Gasteiger partial charge is 0.416 e. The molecule has 94 valence electrons. The molecule has 0 aliphatic rings. The lowest BCUT2D eigenvalue weighted by atomic mass is 10.0. The van der Waals surface area contributed by atoms with Crippen molar-refractivity contribution >= 4 is 5.97 Å². The third kappa shape index (κ3) is 3.16. The third-order valence-corrected chi connectivity index (χ3v) is 2.06. The van der Waals surface area contributed by atoms with Gasteiger partial charge in [0.25, 0.3) is 0 Å². The first-order valence-electron chi connectivity index (χ1n) is 4.47. The van der Waals surface area contributed by atoms with Gasteiger partial charge in [-0.1, -0.05) is 0 Å². The number of hydrogen-bond acceptors (Lipinski definition) is 3. The van der Waals surface area contributed by atoms with E-state index >= 15 is 0 Å². The molecule has 0 radical (unpaired) electrons. The van der Waals surface area contributed by atoms with Crippen molar-refractivity contribution in [3.8, 4) is 0 Å². The topological polar surface area (TPSA) is 52.3 Å². The van der Waals surface area contributed by atoms with E-state index in [0.29, 0.717) is 12.1 Å². The highest BCUT2D eigenvalue weighted by atomic mass is 19.4. The molecule has 7 heteroatoms. The van der Waals surface area contributed by atoms with Crippen LogP contribution in [0.3, 0.4) is 0 Å². The van der Waals surface area contributed by atoms with Gasteiger partial charge in [-0.15, -0.1) is 0 Å². The van der Waals surface area contributed by atoms with Crippen molar-refractivity contribution < 1.29 is 27.1 Å². The normalized spacial score (nSPS) is 13.3. The summed E-state index contributed by atoms with van der Waals surface area (Å²) in [6.45, 7) is 0. The Morgan fingerprint density at radius 3 is 2.41 bits per heavy atom. The fourth-order valence-electron chi connectivity index (χ4n) is 1.22. The Labute approximate surface area is 94.2 Å². The summed E-state index contributed by atoms with van der Waals surface area (Å²) in [6, 6.07) is 0.256. The first kappa shape index (κ1) is 13.4. The lowest BCUT2D eigenvalue weighted by Gasteiger charge is -2.13. The molecule has 0 heterocycles. The number of benzene rings is 1. The monoisotopic (exact) mass is 251 g/mol. The number of alkyl halides is 3. The first-order chi connectivity index (χ1) is 7.75. The minimum Gasteiger partial charge on any atom is -0.468 e. The number of methoxy groups -OCH3 is 1. The number of esters is 1. The van der Waals surface area contributed by atoms with Gasteiger partial charge in [-0.3, -0.25) is 4.79 Å². The summed E-state index contributed by atoms with van der Waals surface area (Å²) < 4.78 is 54.4. The Hall–Kier alpha value is -1.63. The van der Waals surface area contributed by atoms with Gasteiger partial charge in [0.05, 0.1) is 12.7 Å². The van der Waals surface area contributed by atoms with E-state index in [9.17, 15) is 22.4 Å². The van der Waals surface area contributed by atoms with Gasteiger partial charge < -0.3 is 10.5 Å². The Morgan fingerprint density at radius 1 is 1.35 bits per heavy atom. The standard InChI is InChI=1S/C10H9F4NO2/c1-17-9(16)8(15)5-2-6(10(12,13)14)4-7(11)3-5/h2-4,8H,15H2,1H3/t8-/m1/s1. The lowest BCUT2D eigenvalue weighted by Crippen LogP contribution is -2.23. The quantitative estimate of drug-likeness (QED) is 0.646. The molecule has 0 amide bonds. The molecule has 0 saturated carbocycles. The van der Waals surface area contributed by atoms with Crippen LogP contribution in [0.15, 0.2) is 18.2 Å². The summed E-state index contributed by atoms with van der Waals surface area (Å²) in [7, 11) is 1.03. The molecular weight excluding hydrogens is 242 g/mol. The molecule has 0 aliphatic heterocycles. The van der Waals surface area contributed by atoms with Crippen molar-refractivity contribution in [1.29, 1.82) is 0 Å². The van der Waals surface area contributed by atoms with Crippen LogP contribution in [0.5, 0.6) is 0 Å². The summed E-state index contributed by atoms with van der Waals surface area (Å²) in [4.78, 5) is 11.0. The molecular formula is C10H9F4NO2. The minimum absolute atomic E-state index is 0.288. The zero-order valence-electron chi connectivity index (χ0n) is 8.72. The second-order valence-electron chi connectivity index (χ2n) is 3.27. The zero-order chi connectivity index (χ0) is 13.2. The molecule has 2 N–H and O–H groups in total. The fourth-order valence-corrected chi connectivity index (χ4v) is 1.22. The van der Waals surface area contributed by atoms with Crippen LogP contribution < -0.4 is 5.73 Å². The van der Waals surface area contributed by atoms with Gasteiger partial charge in [-0.25, -0.2) is 4.39 Å². The van der Waals surface area contributed by atoms with Crippen molar-refractivity contribution in [2.75, 3.05) is 7.11 Å². The maximum absolute atomic E-state index is 13.0. The van der Waals surface area contributed by atoms with E-state index in [4.69, 9.17) is 5.73 Å². The van der Waals surface area contributed by atoms with Crippen LogP contribution in [0.1, 0.15) is 17.2 Å². The van der Waals surface area contributed by atoms with E-state index in [2.05, 4.69) is 4.74 Å². The minimum atomic E-state index is -4.70. The Balaban J connectivity index is 3.18. The van der Waals surface area contributed by atoms with E-state index in [1.165, 1.54) is 0 Å². The lowest BCUT2D eigenvalue weighted by molar-refractivity contribution is -0.143.